The van der Waals surface area contributed by atoms with Gasteiger partial charge in [0.2, 0.25) is 0 Å². The highest BCUT2D eigenvalue weighted by Gasteiger charge is 2.29. The van der Waals surface area contributed by atoms with Crippen LogP contribution >= 0.6 is 0 Å². The molecule has 5 rings (SSSR count). The highest BCUT2D eigenvalue weighted by molar-refractivity contribution is 6.03. The summed E-state index contributed by atoms with van der Waals surface area (Å²) in [5.41, 5.74) is 6.46. The average Bonchev–Trinajstić information content (AvgIpc) is 3.55. The lowest BCUT2D eigenvalue weighted by Crippen LogP contribution is -2.04. The Balaban J connectivity index is 1.76. The zero-order valence-corrected chi connectivity index (χ0v) is 21.0. The molecule has 36 heavy (non-hydrogen) atoms. The van der Waals surface area contributed by atoms with E-state index in [-0.39, 0.29) is 17.4 Å². The molecule has 2 aromatic heterocycles. The fourth-order valence-electron chi connectivity index (χ4n) is 5.14. The van der Waals surface area contributed by atoms with E-state index in [2.05, 4.69) is 42.0 Å². The molecule has 5 nitrogen and oxygen atoms in total. The molecule has 0 saturated carbocycles. The van der Waals surface area contributed by atoms with Gasteiger partial charge >= 0.3 is 5.97 Å². The maximum absolute atomic E-state index is 14.6. The van der Waals surface area contributed by atoms with Crippen molar-refractivity contribution in [3.05, 3.63) is 70.8 Å². The van der Waals surface area contributed by atoms with Crippen LogP contribution in [0.15, 0.2) is 42.6 Å². The third-order valence-electron chi connectivity index (χ3n) is 6.83. The minimum atomic E-state index is -1.05. The van der Waals surface area contributed by atoms with Gasteiger partial charge in [0, 0.05) is 28.2 Å². The first kappa shape index (κ1) is 23.9. The number of halogens is 1. The summed E-state index contributed by atoms with van der Waals surface area (Å²) in [6.45, 7) is 8.98. The van der Waals surface area contributed by atoms with Crippen LogP contribution in [0.5, 0.6) is 5.75 Å². The number of benzene rings is 2. The van der Waals surface area contributed by atoms with Crippen molar-refractivity contribution < 1.29 is 19.0 Å². The van der Waals surface area contributed by atoms with Crippen LogP contribution in [0.2, 0.25) is 0 Å². The van der Waals surface area contributed by atoms with Gasteiger partial charge in [0.15, 0.2) is 0 Å². The number of nitrogens with one attached hydrogen (secondary N) is 2. The number of carbonyl (C=O) groups is 1. The summed E-state index contributed by atoms with van der Waals surface area (Å²) in [6, 6.07) is 8.82. The smallest absolute Gasteiger partial charge is 0.352 e. The summed E-state index contributed by atoms with van der Waals surface area (Å²) >= 11 is 0. The van der Waals surface area contributed by atoms with Crippen molar-refractivity contribution in [3.63, 3.8) is 0 Å². The Morgan fingerprint density at radius 3 is 2.67 bits per heavy atom. The third-order valence-corrected chi connectivity index (χ3v) is 6.83. The van der Waals surface area contributed by atoms with Crippen molar-refractivity contribution in [3.8, 4) is 28.1 Å². The molecule has 2 heterocycles. The molecule has 0 radical (unpaired) electrons. The minimum Gasteiger partial charge on any atom is -0.494 e. The molecule has 0 spiro atoms. The van der Waals surface area contributed by atoms with Gasteiger partial charge in [-0.25, -0.2) is 9.18 Å². The topological polar surface area (TPSA) is 78.1 Å². The molecule has 0 atom stereocenters. The van der Waals surface area contributed by atoms with Crippen molar-refractivity contribution in [1.29, 1.82) is 0 Å². The summed E-state index contributed by atoms with van der Waals surface area (Å²) in [4.78, 5) is 18.8. The molecule has 0 bridgehead atoms. The number of fused-ring (bicyclic) bond motifs is 2. The number of ether oxygens (including phenoxy) is 1. The fourth-order valence-corrected chi connectivity index (χ4v) is 5.14. The van der Waals surface area contributed by atoms with Gasteiger partial charge < -0.3 is 19.8 Å². The summed E-state index contributed by atoms with van der Waals surface area (Å²) in [7, 11) is 0. The second-order valence-electron chi connectivity index (χ2n) is 10.2. The number of hydrogen-bond acceptors (Lipinski definition) is 2. The molecule has 0 amide bonds. The molecule has 0 aliphatic heterocycles. The minimum absolute atomic E-state index is 0.0249. The molecule has 3 N–H and O–H groups in total. The Kier molecular flexibility index (Phi) is 6.20. The molecule has 1 aliphatic carbocycles. The molecule has 0 unspecified atom stereocenters. The van der Waals surface area contributed by atoms with Gasteiger partial charge in [-0.2, -0.15) is 0 Å². The predicted molar refractivity (Wildman–Crippen MR) is 142 cm³/mol. The highest BCUT2D eigenvalue weighted by Crippen LogP contribution is 2.45. The lowest BCUT2D eigenvalue weighted by atomic mass is 9.87. The number of aromatic carboxylic acids is 1. The number of aromatic amines is 2. The van der Waals surface area contributed by atoms with Gasteiger partial charge in [0.05, 0.1) is 12.3 Å². The first-order valence-corrected chi connectivity index (χ1v) is 12.5. The van der Waals surface area contributed by atoms with Crippen LogP contribution in [-0.4, -0.2) is 27.7 Å². The average molecular weight is 487 g/mol. The molecule has 4 aromatic rings. The lowest BCUT2D eigenvalue weighted by Gasteiger charge is -2.17. The highest BCUT2D eigenvalue weighted by atomic mass is 19.1. The molecular formula is C30H31FN2O3. The number of hydrogen-bond donors (Lipinski definition) is 3. The number of H-pyrrole nitrogens is 2. The van der Waals surface area contributed by atoms with Crippen molar-refractivity contribution in [2.24, 2.45) is 5.92 Å². The Labute approximate surface area is 210 Å². The quantitative estimate of drug-likeness (QED) is 0.238. The van der Waals surface area contributed by atoms with E-state index in [0.717, 1.165) is 46.2 Å². The van der Waals surface area contributed by atoms with E-state index in [1.54, 1.807) is 6.20 Å². The van der Waals surface area contributed by atoms with E-state index in [1.807, 2.05) is 26.0 Å². The summed E-state index contributed by atoms with van der Waals surface area (Å²) in [6.07, 6.45) is 7.61. The monoisotopic (exact) mass is 486 g/mol. The molecule has 6 heteroatoms. The van der Waals surface area contributed by atoms with E-state index in [0.29, 0.717) is 34.9 Å². The van der Waals surface area contributed by atoms with Crippen LogP contribution in [0.3, 0.4) is 0 Å². The predicted octanol–water partition coefficient (Wildman–Crippen LogP) is 7.78. The van der Waals surface area contributed by atoms with E-state index in [4.69, 9.17) is 4.74 Å². The second kappa shape index (κ2) is 9.34. The number of allylic oxidation sites excluding steroid dienone is 1. The van der Waals surface area contributed by atoms with Gasteiger partial charge in [-0.3, -0.25) is 0 Å². The summed E-state index contributed by atoms with van der Waals surface area (Å²) in [5, 5.41) is 11.1. The molecular weight excluding hydrogens is 455 g/mol. The SMILES string of the molecule is CC(C)CCOc1cc2c(c(-c3c(C(=O)O)[nH]c(-c4cc(F)cc5[nH]ccc45)c3C(C)C)c1)C=CC2. The van der Waals surface area contributed by atoms with Crippen LogP contribution in [0.1, 0.15) is 67.2 Å². The molecule has 0 saturated heterocycles. The van der Waals surface area contributed by atoms with Crippen LogP contribution in [0.25, 0.3) is 39.4 Å². The normalized spacial score (nSPS) is 12.8. The third kappa shape index (κ3) is 4.21. The number of carboxylic acids is 1. The Hall–Kier alpha value is -3.80. The first-order valence-electron chi connectivity index (χ1n) is 12.5. The first-order chi connectivity index (χ1) is 17.2. The molecule has 0 fully saturated rings. The maximum Gasteiger partial charge on any atom is 0.352 e. The van der Waals surface area contributed by atoms with Crippen molar-refractivity contribution in [2.75, 3.05) is 6.61 Å². The zero-order valence-electron chi connectivity index (χ0n) is 21.0. The van der Waals surface area contributed by atoms with E-state index >= 15 is 0 Å². The van der Waals surface area contributed by atoms with Gasteiger partial charge in [0.1, 0.15) is 17.3 Å². The van der Waals surface area contributed by atoms with Crippen LogP contribution in [-0.2, 0) is 6.42 Å². The van der Waals surface area contributed by atoms with Gasteiger partial charge in [-0.05, 0) is 77.3 Å². The van der Waals surface area contributed by atoms with Crippen LogP contribution in [0, 0.1) is 11.7 Å². The van der Waals surface area contributed by atoms with Crippen molar-refractivity contribution in [1.82, 2.24) is 9.97 Å². The van der Waals surface area contributed by atoms with Crippen molar-refractivity contribution in [2.45, 2.75) is 46.5 Å². The van der Waals surface area contributed by atoms with E-state index < -0.39 is 5.97 Å². The zero-order chi connectivity index (χ0) is 25.6. The van der Waals surface area contributed by atoms with Gasteiger partial charge in [-0.1, -0.05) is 39.8 Å². The van der Waals surface area contributed by atoms with E-state index in [9.17, 15) is 14.3 Å². The van der Waals surface area contributed by atoms with Gasteiger partial charge in [-0.15, -0.1) is 0 Å². The number of aromatic nitrogens is 2. The summed E-state index contributed by atoms with van der Waals surface area (Å²) < 4.78 is 20.7. The fraction of sp³-hybridized carbons (Fsp3) is 0.300. The van der Waals surface area contributed by atoms with Gasteiger partial charge in [0.25, 0.3) is 0 Å². The standard InChI is InChI=1S/C30H31FN2O3/c1-16(2)9-11-36-20-12-18-6-5-7-21(18)23(15-20)27-26(17(3)4)28(33-29(27)30(34)35)24-13-19(31)14-25-22(24)8-10-32-25/h5,7-8,10,12-17,32-33H,6,9,11H2,1-4H3,(H,34,35). The van der Waals surface area contributed by atoms with E-state index in [1.165, 1.54) is 12.1 Å². The molecule has 2 aromatic carbocycles. The number of carboxylic acid groups (broad SMARTS) is 1. The Morgan fingerprint density at radius 1 is 1.14 bits per heavy atom. The van der Waals surface area contributed by atoms with Crippen LogP contribution in [0.4, 0.5) is 4.39 Å². The molecule has 1 aliphatic rings. The van der Waals surface area contributed by atoms with Crippen molar-refractivity contribution >= 4 is 22.9 Å². The number of rotatable bonds is 8. The Morgan fingerprint density at radius 2 is 1.94 bits per heavy atom. The maximum atomic E-state index is 14.6. The summed E-state index contributed by atoms with van der Waals surface area (Å²) in [5.74, 6) is -0.201. The second-order valence-corrected chi connectivity index (χ2v) is 10.2. The van der Waals surface area contributed by atoms with Crippen LogP contribution < -0.4 is 4.74 Å². The lowest BCUT2D eigenvalue weighted by molar-refractivity contribution is 0.0692. The molecule has 186 valence electrons. The Bertz CT molecular complexity index is 1490. The largest absolute Gasteiger partial charge is 0.494 e.